The number of rotatable bonds is 0. The molecule has 0 radical (unpaired) electrons. The maximum absolute atomic E-state index is 8.25. The summed E-state index contributed by atoms with van der Waals surface area (Å²) in [4.78, 5) is 8.25. The van der Waals surface area contributed by atoms with Crippen molar-refractivity contribution in [2.75, 3.05) is 0 Å². The molecule has 0 amide bonds. The summed E-state index contributed by atoms with van der Waals surface area (Å²) in [5.41, 5.74) is 0. The Bertz CT molecular complexity index is 37.9. The van der Waals surface area contributed by atoms with Crippen molar-refractivity contribution in [2.24, 2.45) is 0 Å². The van der Waals surface area contributed by atoms with Gasteiger partial charge in [0.25, 0.3) is 0 Å². The van der Waals surface area contributed by atoms with Crippen molar-refractivity contribution in [3.05, 3.63) is 15.3 Å². The molecule has 0 aliphatic carbocycles. The number of nitrogens with zero attached hydrogens (tertiary/aromatic N) is 1. The normalized spacial score (nSPS) is 4.00. The van der Waals surface area contributed by atoms with Gasteiger partial charge in [0.05, 0.1) is 5.09 Å². The van der Waals surface area contributed by atoms with Crippen LogP contribution in [0.25, 0.3) is 0 Å². The first kappa shape index (κ1) is 15.7. The van der Waals surface area contributed by atoms with Gasteiger partial charge < -0.3 is 16.7 Å². The molecule has 0 aromatic heterocycles. The minimum atomic E-state index is -1.75. The molecule has 0 aromatic carbocycles. The van der Waals surface area contributed by atoms with Crippen LogP contribution in [-0.4, -0.2) is 32.4 Å². The minimum Gasteiger partial charge on any atom is -1.00 e. The van der Waals surface area contributed by atoms with E-state index in [0.29, 0.717) is 0 Å². The molecule has 0 rings (SSSR count). The Labute approximate surface area is 98.5 Å². The average molecular weight is 306 g/mol. The maximum Gasteiger partial charge on any atom is 1.00 e. The van der Waals surface area contributed by atoms with E-state index in [4.69, 9.17) is 15.3 Å². The predicted octanol–water partition coefficient (Wildman–Crippen LogP) is -3.50. The van der Waals surface area contributed by atoms with Crippen LogP contribution in [0, 0.1) is 15.3 Å². The summed E-state index contributed by atoms with van der Waals surface area (Å²) < 4.78 is 0. The van der Waals surface area contributed by atoms with Gasteiger partial charge >= 0.3 is 78.7 Å². The van der Waals surface area contributed by atoms with E-state index < -0.39 is 5.09 Å². The maximum atomic E-state index is 8.25. The fraction of sp³-hybridized carbons (Fsp3) is 0. The zero-order chi connectivity index (χ0) is 3.58. The molecule has 0 bridgehead atoms. The van der Waals surface area contributed by atoms with Crippen LogP contribution in [0.3, 0.4) is 0 Å². The van der Waals surface area contributed by atoms with E-state index in [1.807, 2.05) is 0 Å². The van der Waals surface area contributed by atoms with Gasteiger partial charge in [-0.25, -0.2) is 0 Å². The fourth-order valence-electron chi connectivity index (χ4n) is 0. The third-order valence-electron chi connectivity index (χ3n) is 0. The van der Waals surface area contributed by atoms with E-state index in [1.54, 1.807) is 0 Å². The molecule has 0 unspecified atom stereocenters. The van der Waals surface area contributed by atoms with E-state index >= 15 is 0 Å². The summed E-state index contributed by atoms with van der Waals surface area (Å²) >= 11 is 0. The Balaban J connectivity index is -0.0000000150. The Morgan fingerprint density at radius 3 is 1.50 bits per heavy atom. The smallest absolute Gasteiger partial charge is 1.00 e. The zero-order valence-corrected chi connectivity index (χ0v) is 10.9. The van der Waals surface area contributed by atoms with Gasteiger partial charge in [-0.15, -0.1) is 0 Å². The average Bonchev–Trinajstić information content (AvgIpc) is 0.811. The van der Waals surface area contributed by atoms with Crippen molar-refractivity contribution in [3.63, 3.8) is 0 Å². The molecule has 0 aliphatic rings. The van der Waals surface area contributed by atoms with Crippen LogP contribution < -0.4 is 51.4 Å². The topological polar surface area (TPSA) is 66.2 Å². The molecule has 6 heteroatoms. The summed E-state index contributed by atoms with van der Waals surface area (Å²) in [6.07, 6.45) is 0. The molecule has 0 N–H and O–H groups in total. The summed E-state index contributed by atoms with van der Waals surface area (Å²) in [5, 5.41) is 14.8. The molecule has 28 valence electrons. The van der Waals surface area contributed by atoms with Gasteiger partial charge in [-0.05, 0) is 0 Å². The molecule has 0 aromatic rings. The number of hydrogen-bond acceptors (Lipinski definition) is 3. The molecule has 0 spiro atoms. The van der Waals surface area contributed by atoms with Crippen LogP contribution in [0.1, 0.15) is 1.43 Å². The first-order valence-electron chi connectivity index (χ1n) is 0.548. The molecule has 6 heavy (non-hydrogen) atoms. The summed E-state index contributed by atoms with van der Waals surface area (Å²) in [7, 11) is 0. The molecule has 4 nitrogen and oxygen atoms in total. The van der Waals surface area contributed by atoms with Crippen LogP contribution in [-0.2, 0) is 0 Å². The van der Waals surface area contributed by atoms with Crippen molar-refractivity contribution < 1.29 is 57.9 Å². The third-order valence-corrected chi connectivity index (χ3v) is 0. The van der Waals surface area contributed by atoms with Crippen molar-refractivity contribution in [3.8, 4) is 0 Å². The van der Waals surface area contributed by atoms with Crippen LogP contribution in [0.4, 0.5) is 0 Å². The van der Waals surface area contributed by atoms with Gasteiger partial charge in [-0.3, -0.25) is 0 Å². The largest absolute Gasteiger partial charge is 1.00 e. The second-order valence-corrected chi connectivity index (χ2v) is 0.224. The van der Waals surface area contributed by atoms with Crippen LogP contribution in [0.5, 0.6) is 0 Å². The molecule has 0 atom stereocenters. The quantitative estimate of drug-likeness (QED) is 0.265. The van der Waals surface area contributed by atoms with Gasteiger partial charge in [0, 0.05) is 0 Å². The molecular weight excluding hydrogens is 305 g/mol. The third kappa shape index (κ3) is 42.2. The van der Waals surface area contributed by atoms with Gasteiger partial charge in [0.15, 0.2) is 0 Å². The van der Waals surface area contributed by atoms with Crippen LogP contribution in [0.15, 0.2) is 0 Å². The van der Waals surface area contributed by atoms with Gasteiger partial charge in [-0.1, -0.05) is 0 Å². The molecule has 0 saturated carbocycles. The second-order valence-electron chi connectivity index (χ2n) is 0.224. The van der Waals surface area contributed by atoms with E-state index in [2.05, 4.69) is 0 Å². The predicted molar refractivity (Wildman–Crippen MR) is 17.2 cm³/mol. The van der Waals surface area contributed by atoms with E-state index in [1.165, 1.54) is 0 Å². The SMILES string of the molecule is O=[N+]([O-])[O-].[H-].[K+].[Tl+]. The summed E-state index contributed by atoms with van der Waals surface area (Å²) in [6.45, 7) is 0. The Hall–Kier alpha value is 1.76. The molecule has 0 fully saturated rings. The minimum absolute atomic E-state index is 0. The fourth-order valence-corrected chi connectivity index (χ4v) is 0. The second kappa shape index (κ2) is 9.90. The van der Waals surface area contributed by atoms with Gasteiger partial charge in [0.1, 0.15) is 0 Å². The van der Waals surface area contributed by atoms with E-state index in [0.717, 1.165) is 0 Å². The summed E-state index contributed by atoms with van der Waals surface area (Å²) in [5.74, 6) is 0. The van der Waals surface area contributed by atoms with E-state index in [-0.39, 0.29) is 80.1 Å². The molecule has 0 heterocycles. The van der Waals surface area contributed by atoms with Gasteiger partial charge in [-0.2, -0.15) is 0 Å². The molecular formula is HKNO3Tl. The molecule has 0 saturated heterocycles. The van der Waals surface area contributed by atoms with Crippen LogP contribution >= 0.6 is 0 Å². The first-order chi connectivity index (χ1) is 1.73. The first-order valence-corrected chi connectivity index (χ1v) is 0.548. The Kier molecular flexibility index (Phi) is 25.8. The van der Waals surface area contributed by atoms with Crippen molar-refractivity contribution >= 4 is 27.3 Å². The Morgan fingerprint density at radius 1 is 1.50 bits per heavy atom. The van der Waals surface area contributed by atoms with Crippen LogP contribution in [0.2, 0.25) is 0 Å². The van der Waals surface area contributed by atoms with Crippen molar-refractivity contribution in [1.82, 2.24) is 0 Å². The number of hydrogen-bond donors (Lipinski definition) is 0. The van der Waals surface area contributed by atoms with E-state index in [9.17, 15) is 0 Å². The van der Waals surface area contributed by atoms with Crippen molar-refractivity contribution in [2.45, 2.75) is 0 Å². The van der Waals surface area contributed by atoms with Gasteiger partial charge in [0.2, 0.25) is 0 Å². The molecule has 0 aliphatic heterocycles. The summed E-state index contributed by atoms with van der Waals surface area (Å²) in [6, 6.07) is 0. The Morgan fingerprint density at radius 2 is 1.50 bits per heavy atom. The monoisotopic (exact) mass is 307 g/mol. The standard InChI is InChI=1S/K.NO3.Tl.H/c;2-1(3)4;;/q+1;-1;+1;-1. The zero-order valence-electron chi connectivity index (χ0n) is 4.25. The van der Waals surface area contributed by atoms with Crippen molar-refractivity contribution in [1.29, 1.82) is 0 Å².